The number of hydrogen-bond acceptors (Lipinski definition) is 13. The Kier molecular flexibility index (Phi) is 12.5. The molecule has 1 heterocycles. The number of hydrogen-bond donors (Lipinski definition) is 1. The van der Waals surface area contributed by atoms with Crippen LogP contribution in [-0.2, 0) is 68.5 Å². The lowest BCUT2D eigenvalue weighted by atomic mass is 9.89. The number of carbonyl (C=O) groups is 6. The highest BCUT2D eigenvalue weighted by molar-refractivity contribution is 5.82. The molecule has 0 saturated carbocycles. The van der Waals surface area contributed by atoms with Gasteiger partial charge in [0, 0.05) is 34.1 Å². The summed E-state index contributed by atoms with van der Waals surface area (Å²) in [6.45, 7) is 2.47. The summed E-state index contributed by atoms with van der Waals surface area (Å²) < 4.78 is 37.4. The Bertz CT molecular complexity index is 1060. The lowest BCUT2D eigenvalue weighted by Crippen LogP contribution is -2.63. The average Bonchev–Trinajstić information content (AvgIpc) is 2.88. The van der Waals surface area contributed by atoms with E-state index in [4.69, 9.17) is 33.2 Å². The molecule has 40 heavy (non-hydrogen) atoms. The van der Waals surface area contributed by atoms with Crippen LogP contribution in [0.15, 0.2) is 30.3 Å². The SMILES string of the molecule is CC(=O)OCC1OC(OCC(=O)NCC(=O)OCc2ccccc2)C(COC(C)=O)(OC(C)=O)CC1OC(C)=O. The summed E-state index contributed by atoms with van der Waals surface area (Å²) in [5.41, 5.74) is -1.08. The molecule has 0 radical (unpaired) electrons. The van der Waals surface area contributed by atoms with Gasteiger partial charge < -0.3 is 38.5 Å². The highest BCUT2D eigenvalue weighted by Crippen LogP contribution is 2.36. The first kappa shape index (κ1) is 32.2. The van der Waals surface area contributed by atoms with Crippen LogP contribution in [0.2, 0.25) is 0 Å². The number of nitrogens with one attached hydrogen (secondary N) is 1. The van der Waals surface area contributed by atoms with E-state index in [1.54, 1.807) is 24.3 Å². The van der Waals surface area contributed by atoms with Gasteiger partial charge in [-0.25, -0.2) is 0 Å². The maximum absolute atomic E-state index is 12.4. The molecule has 1 saturated heterocycles. The summed E-state index contributed by atoms with van der Waals surface area (Å²) in [5.74, 6) is -4.32. The fraction of sp³-hybridized carbons (Fsp3) is 0.538. The maximum Gasteiger partial charge on any atom is 0.325 e. The number of carbonyl (C=O) groups excluding carboxylic acids is 6. The van der Waals surface area contributed by atoms with E-state index in [0.717, 1.165) is 33.3 Å². The zero-order valence-electron chi connectivity index (χ0n) is 22.7. The standard InChI is InChI=1S/C26H33NO13/c1-16(28)34-13-22-21(38-18(3)30)10-26(40-19(4)31,15-37-17(2)29)25(39-22)36-14-23(32)27-11-24(33)35-12-20-8-6-5-7-9-20/h5-9,21-22,25H,10-15H2,1-4H3,(H,27,32). The van der Waals surface area contributed by atoms with Crippen molar-refractivity contribution >= 4 is 35.8 Å². The number of ether oxygens (including phenoxy) is 7. The summed E-state index contributed by atoms with van der Waals surface area (Å²) in [6, 6.07) is 8.95. The van der Waals surface area contributed by atoms with Gasteiger partial charge in [0.15, 0.2) is 5.60 Å². The monoisotopic (exact) mass is 567 g/mol. The number of amides is 1. The molecule has 4 unspecified atom stereocenters. The van der Waals surface area contributed by atoms with Crippen LogP contribution in [0.4, 0.5) is 0 Å². The third-order valence-corrected chi connectivity index (χ3v) is 5.36. The second kappa shape index (κ2) is 15.5. The predicted molar refractivity (Wildman–Crippen MR) is 132 cm³/mol. The van der Waals surface area contributed by atoms with Crippen LogP contribution in [0.3, 0.4) is 0 Å². The van der Waals surface area contributed by atoms with Crippen molar-refractivity contribution in [3.05, 3.63) is 35.9 Å². The molecule has 1 aromatic carbocycles. The molecular weight excluding hydrogens is 534 g/mol. The van der Waals surface area contributed by atoms with Gasteiger partial charge in [-0.3, -0.25) is 28.8 Å². The molecule has 1 aliphatic rings. The van der Waals surface area contributed by atoms with E-state index < -0.39 is 79.6 Å². The summed E-state index contributed by atoms with van der Waals surface area (Å²) in [6.07, 6.45) is -4.03. The van der Waals surface area contributed by atoms with Crippen molar-refractivity contribution in [1.29, 1.82) is 0 Å². The third-order valence-electron chi connectivity index (χ3n) is 5.36. The smallest absolute Gasteiger partial charge is 0.325 e. The van der Waals surface area contributed by atoms with E-state index >= 15 is 0 Å². The van der Waals surface area contributed by atoms with E-state index in [-0.39, 0.29) is 19.6 Å². The molecule has 1 aromatic rings. The number of rotatable bonds is 13. The zero-order chi connectivity index (χ0) is 29.7. The Hall–Kier alpha value is -4.04. The molecule has 1 N–H and O–H groups in total. The minimum absolute atomic E-state index is 0.0240. The van der Waals surface area contributed by atoms with Crippen LogP contribution in [0.5, 0.6) is 0 Å². The molecule has 14 heteroatoms. The van der Waals surface area contributed by atoms with Gasteiger partial charge in [0.25, 0.3) is 0 Å². The van der Waals surface area contributed by atoms with E-state index in [2.05, 4.69) is 5.32 Å². The molecule has 1 fully saturated rings. The molecule has 14 nitrogen and oxygen atoms in total. The normalized spacial score (nSPS) is 21.9. The van der Waals surface area contributed by atoms with Crippen LogP contribution in [0.1, 0.15) is 39.7 Å². The van der Waals surface area contributed by atoms with E-state index in [0.29, 0.717) is 0 Å². The van der Waals surface area contributed by atoms with Crippen LogP contribution in [0, 0.1) is 0 Å². The second-order valence-corrected chi connectivity index (χ2v) is 8.83. The van der Waals surface area contributed by atoms with Crippen LogP contribution in [-0.4, -0.2) is 86.2 Å². The van der Waals surface area contributed by atoms with Gasteiger partial charge in [-0.1, -0.05) is 30.3 Å². The zero-order valence-corrected chi connectivity index (χ0v) is 22.7. The van der Waals surface area contributed by atoms with Crippen LogP contribution in [0.25, 0.3) is 0 Å². The minimum Gasteiger partial charge on any atom is -0.463 e. The minimum atomic E-state index is -1.85. The molecular formula is C26H33NO13. The lowest BCUT2D eigenvalue weighted by Gasteiger charge is -2.46. The van der Waals surface area contributed by atoms with Crippen molar-refractivity contribution in [3.63, 3.8) is 0 Å². The second-order valence-electron chi connectivity index (χ2n) is 8.83. The van der Waals surface area contributed by atoms with Crippen LogP contribution >= 0.6 is 0 Å². The van der Waals surface area contributed by atoms with Gasteiger partial charge in [0.2, 0.25) is 12.2 Å². The Morgan fingerprint density at radius 3 is 2.17 bits per heavy atom. The summed E-state index contributed by atoms with van der Waals surface area (Å²) in [4.78, 5) is 71.2. The Balaban J connectivity index is 2.12. The summed E-state index contributed by atoms with van der Waals surface area (Å²) in [5, 5.41) is 2.34. The fourth-order valence-electron chi connectivity index (χ4n) is 3.73. The van der Waals surface area contributed by atoms with E-state index in [1.807, 2.05) is 6.07 Å². The quantitative estimate of drug-likeness (QED) is 0.255. The number of benzene rings is 1. The Morgan fingerprint density at radius 2 is 1.57 bits per heavy atom. The molecule has 220 valence electrons. The van der Waals surface area contributed by atoms with Crippen molar-refractivity contribution < 1.29 is 61.9 Å². The highest BCUT2D eigenvalue weighted by atomic mass is 16.7. The first-order chi connectivity index (χ1) is 18.9. The van der Waals surface area contributed by atoms with Crippen molar-refractivity contribution in [2.45, 2.75) is 64.8 Å². The first-order valence-corrected chi connectivity index (χ1v) is 12.3. The van der Waals surface area contributed by atoms with Gasteiger partial charge in [-0.15, -0.1) is 0 Å². The molecule has 0 spiro atoms. The molecule has 0 aliphatic carbocycles. The average molecular weight is 568 g/mol. The molecule has 4 atom stereocenters. The van der Waals surface area contributed by atoms with E-state index in [9.17, 15) is 28.8 Å². The Labute approximate surface area is 230 Å². The molecule has 1 aliphatic heterocycles. The molecule has 2 rings (SSSR count). The van der Waals surface area contributed by atoms with Crippen LogP contribution < -0.4 is 5.32 Å². The van der Waals surface area contributed by atoms with Gasteiger partial charge in [-0.2, -0.15) is 0 Å². The van der Waals surface area contributed by atoms with Crippen molar-refractivity contribution in [2.75, 3.05) is 26.4 Å². The lowest BCUT2D eigenvalue weighted by molar-refractivity contribution is -0.317. The van der Waals surface area contributed by atoms with Crippen molar-refractivity contribution in [1.82, 2.24) is 5.32 Å². The summed E-state index contributed by atoms with van der Waals surface area (Å²) in [7, 11) is 0. The van der Waals surface area contributed by atoms with Gasteiger partial charge in [0.05, 0.1) is 0 Å². The molecule has 0 aromatic heterocycles. The Morgan fingerprint density at radius 1 is 0.900 bits per heavy atom. The third kappa shape index (κ3) is 11.0. The fourth-order valence-corrected chi connectivity index (χ4v) is 3.73. The van der Waals surface area contributed by atoms with Gasteiger partial charge in [-0.05, 0) is 5.56 Å². The first-order valence-electron chi connectivity index (χ1n) is 12.3. The summed E-state index contributed by atoms with van der Waals surface area (Å²) >= 11 is 0. The largest absolute Gasteiger partial charge is 0.463 e. The predicted octanol–water partition coefficient (Wildman–Crippen LogP) is 0.337. The van der Waals surface area contributed by atoms with Gasteiger partial charge >= 0.3 is 29.8 Å². The maximum atomic E-state index is 12.4. The van der Waals surface area contributed by atoms with Crippen molar-refractivity contribution in [2.24, 2.45) is 0 Å². The van der Waals surface area contributed by atoms with Crippen molar-refractivity contribution in [3.8, 4) is 0 Å². The number of esters is 5. The van der Waals surface area contributed by atoms with Gasteiger partial charge in [0.1, 0.15) is 45.2 Å². The topological polar surface area (TPSA) is 179 Å². The highest BCUT2D eigenvalue weighted by Gasteiger charge is 2.55. The van der Waals surface area contributed by atoms with E-state index in [1.165, 1.54) is 0 Å². The molecule has 0 bridgehead atoms. The molecule has 1 amide bonds.